The Morgan fingerprint density at radius 1 is 0.824 bits per heavy atom. The molecule has 6 heteroatoms. The summed E-state index contributed by atoms with van der Waals surface area (Å²) in [6.45, 7) is 7.61. The van der Waals surface area contributed by atoms with E-state index >= 15 is 0 Å². The van der Waals surface area contributed by atoms with Crippen LogP contribution in [0.3, 0.4) is 0 Å². The van der Waals surface area contributed by atoms with Gasteiger partial charge in [0.1, 0.15) is 34.5 Å². The van der Waals surface area contributed by atoms with E-state index in [-0.39, 0.29) is 34.4 Å². The summed E-state index contributed by atoms with van der Waals surface area (Å²) in [6.07, 6.45) is 1.25. The zero-order chi connectivity index (χ0) is 24.2. The molecule has 4 rings (SSSR count). The molecule has 3 aromatic carbocycles. The summed E-state index contributed by atoms with van der Waals surface area (Å²) in [5, 5.41) is 0.285. The van der Waals surface area contributed by atoms with Crippen LogP contribution in [0, 0.1) is 0 Å². The van der Waals surface area contributed by atoms with Gasteiger partial charge in [0.25, 0.3) is 0 Å². The molecule has 34 heavy (non-hydrogen) atoms. The summed E-state index contributed by atoms with van der Waals surface area (Å²) in [5.41, 5.74) is 1.53. The minimum atomic E-state index is -0.516. The second kappa shape index (κ2) is 9.83. The molecule has 0 aliphatic heterocycles. The SMILES string of the molecule is CC(C)Oc1ccc(-c2coc3cc(OC(=O)c4ccccc4)cc(OC(C)C)c3c2=O)cc1. The van der Waals surface area contributed by atoms with Crippen molar-refractivity contribution >= 4 is 16.9 Å². The third kappa shape index (κ3) is 5.12. The van der Waals surface area contributed by atoms with E-state index in [1.54, 1.807) is 30.3 Å². The van der Waals surface area contributed by atoms with Crippen molar-refractivity contribution in [3.63, 3.8) is 0 Å². The Bertz CT molecular complexity index is 1350. The first kappa shape index (κ1) is 23.1. The van der Waals surface area contributed by atoms with Gasteiger partial charge in [-0.3, -0.25) is 4.79 Å². The van der Waals surface area contributed by atoms with Gasteiger partial charge in [-0.05, 0) is 57.5 Å². The summed E-state index contributed by atoms with van der Waals surface area (Å²) < 4.78 is 23.0. The molecule has 4 aromatic rings. The Morgan fingerprint density at radius 2 is 1.50 bits per heavy atom. The van der Waals surface area contributed by atoms with Crippen molar-refractivity contribution in [2.75, 3.05) is 0 Å². The summed E-state index contributed by atoms with van der Waals surface area (Å²) in [5.74, 6) is 0.720. The maximum atomic E-state index is 13.5. The molecule has 0 atom stereocenters. The molecule has 0 amide bonds. The van der Waals surface area contributed by atoms with Gasteiger partial charge >= 0.3 is 5.97 Å². The van der Waals surface area contributed by atoms with E-state index in [4.69, 9.17) is 18.6 Å². The van der Waals surface area contributed by atoms with E-state index in [2.05, 4.69) is 0 Å². The lowest BCUT2D eigenvalue weighted by molar-refractivity contribution is 0.0734. The average Bonchev–Trinajstić information content (AvgIpc) is 2.79. The zero-order valence-electron chi connectivity index (χ0n) is 19.5. The number of benzene rings is 3. The first-order chi connectivity index (χ1) is 16.3. The average molecular weight is 459 g/mol. The number of hydrogen-bond acceptors (Lipinski definition) is 6. The molecule has 0 saturated heterocycles. The molecule has 174 valence electrons. The van der Waals surface area contributed by atoms with Crippen LogP contribution in [0.2, 0.25) is 0 Å². The van der Waals surface area contributed by atoms with Crippen LogP contribution in [-0.4, -0.2) is 18.2 Å². The van der Waals surface area contributed by atoms with E-state index in [1.807, 2.05) is 58.0 Å². The number of carbonyl (C=O) groups excluding carboxylic acids is 1. The van der Waals surface area contributed by atoms with Crippen LogP contribution in [0.15, 0.2) is 82.2 Å². The van der Waals surface area contributed by atoms with Crippen molar-refractivity contribution in [3.8, 4) is 28.4 Å². The van der Waals surface area contributed by atoms with Crippen molar-refractivity contribution in [1.29, 1.82) is 0 Å². The maximum absolute atomic E-state index is 13.5. The van der Waals surface area contributed by atoms with E-state index in [0.29, 0.717) is 22.4 Å². The number of carbonyl (C=O) groups is 1. The summed E-state index contributed by atoms with van der Waals surface area (Å²) >= 11 is 0. The van der Waals surface area contributed by atoms with E-state index in [1.165, 1.54) is 12.3 Å². The second-order valence-corrected chi connectivity index (χ2v) is 8.39. The number of rotatable bonds is 7. The lowest BCUT2D eigenvalue weighted by atomic mass is 10.0. The highest BCUT2D eigenvalue weighted by Gasteiger charge is 2.18. The molecule has 0 N–H and O–H groups in total. The Balaban J connectivity index is 1.75. The smallest absolute Gasteiger partial charge is 0.343 e. The van der Waals surface area contributed by atoms with Crippen molar-refractivity contribution in [2.45, 2.75) is 39.9 Å². The lowest BCUT2D eigenvalue weighted by Crippen LogP contribution is -2.13. The second-order valence-electron chi connectivity index (χ2n) is 8.39. The summed E-state index contributed by atoms with van der Waals surface area (Å²) in [6, 6.07) is 19.0. The van der Waals surface area contributed by atoms with Crippen LogP contribution in [0.4, 0.5) is 0 Å². The number of esters is 1. The minimum Gasteiger partial charge on any atom is -0.491 e. The highest BCUT2D eigenvalue weighted by molar-refractivity contribution is 5.93. The summed E-state index contributed by atoms with van der Waals surface area (Å²) in [7, 11) is 0. The van der Waals surface area contributed by atoms with Crippen LogP contribution in [0.5, 0.6) is 17.2 Å². The Morgan fingerprint density at radius 3 is 2.15 bits per heavy atom. The fourth-order valence-corrected chi connectivity index (χ4v) is 3.52. The van der Waals surface area contributed by atoms with Crippen LogP contribution < -0.4 is 19.6 Å². The monoisotopic (exact) mass is 458 g/mol. The van der Waals surface area contributed by atoms with Crippen LogP contribution >= 0.6 is 0 Å². The predicted octanol–water partition coefficient (Wildman–Crippen LogP) is 6.25. The third-order valence-electron chi connectivity index (χ3n) is 4.93. The molecule has 0 saturated carbocycles. The predicted molar refractivity (Wildman–Crippen MR) is 131 cm³/mol. The van der Waals surface area contributed by atoms with Crippen LogP contribution in [0.25, 0.3) is 22.1 Å². The number of fused-ring (bicyclic) bond motifs is 1. The molecular formula is C28H26O6. The fraction of sp³-hybridized carbons (Fsp3) is 0.214. The number of ether oxygens (including phenoxy) is 3. The Labute approximate surface area is 197 Å². The fourth-order valence-electron chi connectivity index (χ4n) is 3.52. The van der Waals surface area contributed by atoms with Gasteiger partial charge in [0.2, 0.25) is 5.43 Å². The molecule has 1 heterocycles. The van der Waals surface area contributed by atoms with Gasteiger partial charge in [-0.15, -0.1) is 0 Å². The molecule has 0 fully saturated rings. The van der Waals surface area contributed by atoms with Crippen LogP contribution in [-0.2, 0) is 0 Å². The molecule has 0 aliphatic rings. The number of hydrogen-bond donors (Lipinski definition) is 0. The summed E-state index contributed by atoms with van der Waals surface area (Å²) in [4.78, 5) is 26.0. The van der Waals surface area contributed by atoms with Gasteiger partial charge in [-0.1, -0.05) is 30.3 Å². The molecule has 0 unspecified atom stereocenters. The van der Waals surface area contributed by atoms with Gasteiger partial charge in [-0.25, -0.2) is 4.79 Å². The van der Waals surface area contributed by atoms with E-state index < -0.39 is 5.97 Å². The molecule has 0 radical (unpaired) electrons. The molecule has 1 aromatic heterocycles. The normalized spacial score (nSPS) is 11.1. The first-order valence-corrected chi connectivity index (χ1v) is 11.1. The van der Waals surface area contributed by atoms with Gasteiger partial charge < -0.3 is 18.6 Å². The van der Waals surface area contributed by atoms with Crippen molar-refractivity contribution < 1.29 is 23.4 Å². The lowest BCUT2D eigenvalue weighted by Gasteiger charge is -2.14. The molecule has 0 aliphatic carbocycles. The maximum Gasteiger partial charge on any atom is 0.343 e. The van der Waals surface area contributed by atoms with E-state index in [9.17, 15) is 9.59 Å². The quantitative estimate of drug-likeness (QED) is 0.241. The van der Waals surface area contributed by atoms with Gasteiger partial charge in [-0.2, -0.15) is 0 Å². The van der Waals surface area contributed by atoms with Gasteiger partial charge in [0, 0.05) is 12.1 Å². The topological polar surface area (TPSA) is 75.0 Å². The molecule has 6 nitrogen and oxygen atoms in total. The van der Waals surface area contributed by atoms with E-state index in [0.717, 1.165) is 5.75 Å². The highest BCUT2D eigenvalue weighted by atomic mass is 16.5. The molecule has 0 bridgehead atoms. The van der Waals surface area contributed by atoms with Crippen molar-refractivity contribution in [2.24, 2.45) is 0 Å². The van der Waals surface area contributed by atoms with Gasteiger partial charge in [0.05, 0.1) is 23.3 Å². The highest BCUT2D eigenvalue weighted by Crippen LogP contribution is 2.32. The van der Waals surface area contributed by atoms with Gasteiger partial charge in [0.15, 0.2) is 0 Å². The first-order valence-electron chi connectivity index (χ1n) is 11.1. The molecule has 0 spiro atoms. The van der Waals surface area contributed by atoms with Crippen molar-refractivity contribution in [3.05, 3.63) is 88.8 Å². The Kier molecular flexibility index (Phi) is 6.68. The molecular weight excluding hydrogens is 432 g/mol. The minimum absolute atomic E-state index is 0.0533. The third-order valence-corrected chi connectivity index (χ3v) is 4.93. The van der Waals surface area contributed by atoms with Crippen LogP contribution in [0.1, 0.15) is 38.1 Å². The zero-order valence-corrected chi connectivity index (χ0v) is 19.5. The Hall–Kier alpha value is -4.06. The largest absolute Gasteiger partial charge is 0.491 e. The van der Waals surface area contributed by atoms with Crippen molar-refractivity contribution in [1.82, 2.24) is 0 Å². The standard InChI is InChI=1S/C28H26O6/c1-17(2)32-21-12-10-19(11-13-21)23-16-31-24-14-22(34-28(30)20-8-6-5-7-9-20)15-25(33-18(3)4)26(24)27(23)29/h5-18H,1-4H3.